The minimum atomic E-state index is -0.489. The molecule has 0 radical (unpaired) electrons. The molecular weight excluding hydrogens is 427 g/mol. The zero-order valence-corrected chi connectivity index (χ0v) is 19.0. The summed E-state index contributed by atoms with van der Waals surface area (Å²) in [6, 6.07) is 9.74. The van der Waals surface area contributed by atoms with Gasteiger partial charge in [0.05, 0.1) is 38.5 Å². The summed E-state index contributed by atoms with van der Waals surface area (Å²) in [6.45, 7) is 1.11. The van der Waals surface area contributed by atoms with E-state index < -0.39 is 11.7 Å². The number of anilines is 1. The van der Waals surface area contributed by atoms with Gasteiger partial charge in [-0.2, -0.15) is 0 Å². The third-order valence-electron chi connectivity index (χ3n) is 6.17. The van der Waals surface area contributed by atoms with Gasteiger partial charge in [-0.25, -0.2) is 4.39 Å². The Kier molecular flexibility index (Phi) is 6.53. The van der Waals surface area contributed by atoms with Crippen LogP contribution in [-0.4, -0.2) is 57.7 Å². The van der Waals surface area contributed by atoms with Crippen LogP contribution in [0.4, 0.5) is 10.1 Å². The lowest BCUT2D eigenvalue weighted by atomic mass is 9.96. The van der Waals surface area contributed by atoms with Crippen LogP contribution in [0.15, 0.2) is 42.5 Å². The molecule has 1 atom stereocenters. The van der Waals surface area contributed by atoms with Gasteiger partial charge in [0.25, 0.3) is 0 Å². The summed E-state index contributed by atoms with van der Waals surface area (Å²) in [5.74, 6) is 0.624. The monoisotopic (exact) mass is 454 g/mol. The highest BCUT2D eigenvalue weighted by molar-refractivity contribution is 6.00. The molecule has 2 aliphatic rings. The number of halogens is 1. The third-order valence-corrected chi connectivity index (χ3v) is 6.17. The second-order valence-electron chi connectivity index (χ2n) is 8.03. The van der Waals surface area contributed by atoms with Gasteiger partial charge in [-0.05, 0) is 24.1 Å². The number of hydrogen-bond donors (Lipinski definition) is 0. The number of methoxy groups -OCH3 is 3. The Hall–Kier alpha value is -3.55. The lowest BCUT2D eigenvalue weighted by Crippen LogP contribution is -2.40. The van der Waals surface area contributed by atoms with Crippen molar-refractivity contribution in [3.05, 3.63) is 53.9 Å². The Bertz CT molecular complexity index is 1070. The fourth-order valence-electron chi connectivity index (χ4n) is 4.45. The molecule has 8 heteroatoms. The van der Waals surface area contributed by atoms with Crippen LogP contribution >= 0.6 is 0 Å². The number of hydrogen-bond acceptors (Lipinski definition) is 5. The first-order valence-corrected chi connectivity index (χ1v) is 10.8. The van der Waals surface area contributed by atoms with Crippen LogP contribution in [0.5, 0.6) is 17.2 Å². The molecule has 4 rings (SSSR count). The molecule has 2 heterocycles. The molecule has 33 heavy (non-hydrogen) atoms. The normalized spacial score (nSPS) is 18.2. The fourth-order valence-corrected chi connectivity index (χ4v) is 4.45. The van der Waals surface area contributed by atoms with E-state index in [4.69, 9.17) is 14.2 Å². The quantitative estimate of drug-likeness (QED) is 0.668. The topological polar surface area (TPSA) is 68.3 Å². The van der Waals surface area contributed by atoms with E-state index in [-0.39, 0.29) is 30.5 Å². The van der Waals surface area contributed by atoms with Crippen LogP contribution in [0.3, 0.4) is 0 Å². The summed E-state index contributed by atoms with van der Waals surface area (Å²) >= 11 is 0. The highest BCUT2D eigenvalue weighted by atomic mass is 19.1. The van der Waals surface area contributed by atoms with Gasteiger partial charge in [0.2, 0.25) is 11.8 Å². The maximum absolute atomic E-state index is 14.1. The van der Waals surface area contributed by atoms with Crippen molar-refractivity contribution in [2.24, 2.45) is 5.92 Å². The summed E-state index contributed by atoms with van der Waals surface area (Å²) in [5.41, 5.74) is 2.08. The number of ether oxygens (including phenoxy) is 3. The molecule has 0 spiro atoms. The van der Waals surface area contributed by atoms with Crippen LogP contribution < -0.4 is 19.1 Å². The van der Waals surface area contributed by atoms with Gasteiger partial charge >= 0.3 is 0 Å². The van der Waals surface area contributed by atoms with Crippen molar-refractivity contribution in [2.45, 2.75) is 12.8 Å². The zero-order chi connectivity index (χ0) is 23.5. The van der Waals surface area contributed by atoms with Gasteiger partial charge in [-0.3, -0.25) is 9.59 Å². The Morgan fingerprint density at radius 3 is 2.33 bits per heavy atom. The summed E-state index contributed by atoms with van der Waals surface area (Å²) in [6.07, 6.45) is 2.68. The van der Waals surface area contributed by atoms with Gasteiger partial charge in [0.1, 0.15) is 23.1 Å². The van der Waals surface area contributed by atoms with E-state index in [9.17, 15) is 14.0 Å². The molecule has 174 valence electrons. The summed E-state index contributed by atoms with van der Waals surface area (Å²) in [4.78, 5) is 28.7. The van der Waals surface area contributed by atoms with Crippen LogP contribution in [0.1, 0.15) is 18.4 Å². The number of benzene rings is 2. The van der Waals surface area contributed by atoms with Crippen molar-refractivity contribution in [3.8, 4) is 17.2 Å². The standard InChI is InChI=1S/C25H27FN2O5/c1-31-18-13-21(32-2)24(22(14-18)33-3)16-8-10-27(11-9-16)25(30)17-12-23(29)28(15-17)20-7-5-4-6-19(20)26/h4-8,13-14,17H,9-12,15H2,1-3H3. The van der Waals surface area contributed by atoms with Crippen LogP contribution in [0, 0.1) is 11.7 Å². The molecule has 7 nitrogen and oxygen atoms in total. The first kappa shape index (κ1) is 22.6. The van der Waals surface area contributed by atoms with Gasteiger partial charge in [-0.15, -0.1) is 0 Å². The van der Waals surface area contributed by atoms with Crippen molar-refractivity contribution in [1.29, 1.82) is 0 Å². The molecule has 0 bridgehead atoms. The molecule has 0 aliphatic carbocycles. The minimum Gasteiger partial charge on any atom is -0.496 e. The Labute approximate surface area is 192 Å². The summed E-state index contributed by atoms with van der Waals surface area (Å²) in [5, 5.41) is 0. The molecule has 1 unspecified atom stereocenters. The second kappa shape index (κ2) is 9.52. The van der Waals surface area contributed by atoms with Crippen LogP contribution in [0.2, 0.25) is 0 Å². The first-order valence-electron chi connectivity index (χ1n) is 10.8. The molecule has 0 aromatic heterocycles. The van der Waals surface area contributed by atoms with E-state index in [0.717, 1.165) is 11.1 Å². The average Bonchev–Trinajstić information content (AvgIpc) is 3.24. The number of amides is 2. The molecule has 1 saturated heterocycles. The maximum Gasteiger partial charge on any atom is 0.228 e. The smallest absolute Gasteiger partial charge is 0.228 e. The molecule has 0 N–H and O–H groups in total. The van der Waals surface area contributed by atoms with Crippen molar-refractivity contribution < 1.29 is 28.2 Å². The largest absolute Gasteiger partial charge is 0.496 e. The van der Waals surface area contributed by atoms with Gasteiger partial charge in [-0.1, -0.05) is 18.2 Å². The Morgan fingerprint density at radius 2 is 1.76 bits per heavy atom. The molecule has 2 aromatic carbocycles. The van der Waals surface area contributed by atoms with E-state index in [1.54, 1.807) is 56.6 Å². The highest BCUT2D eigenvalue weighted by Gasteiger charge is 2.38. The summed E-state index contributed by atoms with van der Waals surface area (Å²) in [7, 11) is 4.77. The maximum atomic E-state index is 14.1. The Morgan fingerprint density at radius 1 is 1.06 bits per heavy atom. The fraction of sp³-hybridized carbons (Fsp3) is 0.360. The van der Waals surface area contributed by atoms with E-state index >= 15 is 0 Å². The van der Waals surface area contributed by atoms with Crippen LogP contribution in [-0.2, 0) is 9.59 Å². The predicted molar refractivity (Wildman–Crippen MR) is 122 cm³/mol. The highest BCUT2D eigenvalue weighted by Crippen LogP contribution is 2.41. The SMILES string of the molecule is COc1cc(OC)c(C2=CCN(C(=O)C3CC(=O)N(c4ccccc4F)C3)CC2)c(OC)c1. The Balaban J connectivity index is 1.49. The summed E-state index contributed by atoms with van der Waals surface area (Å²) < 4.78 is 30.6. The third kappa shape index (κ3) is 4.37. The van der Waals surface area contributed by atoms with Crippen molar-refractivity contribution in [2.75, 3.05) is 45.9 Å². The van der Waals surface area contributed by atoms with Gasteiger partial charge in [0, 0.05) is 38.2 Å². The molecular formula is C25H27FN2O5. The van der Waals surface area contributed by atoms with E-state index in [2.05, 4.69) is 0 Å². The number of rotatable bonds is 6. The van der Waals surface area contributed by atoms with E-state index in [0.29, 0.717) is 36.8 Å². The molecule has 0 saturated carbocycles. The van der Waals surface area contributed by atoms with Crippen LogP contribution in [0.25, 0.3) is 5.57 Å². The van der Waals surface area contributed by atoms with Crippen molar-refractivity contribution in [1.82, 2.24) is 4.90 Å². The average molecular weight is 454 g/mol. The van der Waals surface area contributed by atoms with E-state index in [1.807, 2.05) is 6.08 Å². The van der Waals surface area contributed by atoms with Crippen molar-refractivity contribution in [3.63, 3.8) is 0 Å². The molecule has 2 aromatic rings. The van der Waals surface area contributed by atoms with Crippen molar-refractivity contribution >= 4 is 23.1 Å². The predicted octanol–water partition coefficient (Wildman–Crippen LogP) is 3.52. The first-order chi connectivity index (χ1) is 16.0. The molecule has 2 amide bonds. The molecule has 2 aliphatic heterocycles. The molecule has 1 fully saturated rings. The number of carbonyl (C=O) groups is 2. The lowest BCUT2D eigenvalue weighted by molar-refractivity contribution is -0.135. The second-order valence-corrected chi connectivity index (χ2v) is 8.03. The van der Waals surface area contributed by atoms with Gasteiger partial charge in [0.15, 0.2) is 0 Å². The zero-order valence-electron chi connectivity index (χ0n) is 19.0. The number of carbonyl (C=O) groups excluding carboxylic acids is 2. The number of nitrogens with zero attached hydrogens (tertiary/aromatic N) is 2. The lowest BCUT2D eigenvalue weighted by Gasteiger charge is -2.29. The van der Waals surface area contributed by atoms with E-state index in [1.165, 1.54) is 11.0 Å². The van der Waals surface area contributed by atoms with Gasteiger partial charge < -0.3 is 24.0 Å². The number of para-hydroxylation sites is 1. The minimum absolute atomic E-state index is 0.0837.